The number of ether oxygens (including phenoxy) is 1. The zero-order valence-corrected chi connectivity index (χ0v) is 12.6. The second-order valence-corrected chi connectivity index (χ2v) is 5.79. The van der Waals surface area contributed by atoms with E-state index in [0.717, 1.165) is 22.0 Å². The van der Waals surface area contributed by atoms with Crippen LogP contribution in [0.15, 0.2) is 53.0 Å². The topological polar surface area (TPSA) is 26.3 Å². The molecule has 1 atom stereocenters. The van der Waals surface area contributed by atoms with Crippen molar-refractivity contribution < 1.29 is 9.53 Å². The lowest BCUT2D eigenvalue weighted by Gasteiger charge is -2.25. The maximum absolute atomic E-state index is 12.5. The molecule has 0 saturated carbocycles. The van der Waals surface area contributed by atoms with E-state index >= 15 is 0 Å². The fourth-order valence-corrected chi connectivity index (χ4v) is 3.01. The molecule has 3 rings (SSSR count). The predicted octanol–water partition coefficient (Wildman–Crippen LogP) is 3.87. The van der Waals surface area contributed by atoms with E-state index in [1.54, 1.807) is 0 Å². The highest BCUT2D eigenvalue weighted by Crippen LogP contribution is 2.29. The zero-order valence-electron chi connectivity index (χ0n) is 11.0. The molecular weight excluding hydrogens is 316 g/mol. The van der Waals surface area contributed by atoms with Gasteiger partial charge in [-0.1, -0.05) is 58.4 Å². The Labute approximate surface area is 126 Å². The van der Waals surface area contributed by atoms with Gasteiger partial charge in [0.1, 0.15) is 6.10 Å². The molecule has 1 aliphatic rings. The van der Waals surface area contributed by atoms with Crippen LogP contribution in [0.5, 0.6) is 0 Å². The lowest BCUT2D eigenvalue weighted by molar-refractivity contribution is -0.131. The molecule has 0 bridgehead atoms. The maximum Gasteiger partial charge on any atom is 0.170 e. The van der Waals surface area contributed by atoms with E-state index < -0.39 is 6.10 Å². The largest absolute Gasteiger partial charge is 0.365 e. The van der Waals surface area contributed by atoms with Crippen molar-refractivity contribution in [3.05, 3.63) is 69.7 Å². The number of carbonyl (C=O) groups is 1. The molecule has 1 heterocycles. The minimum absolute atomic E-state index is 0.115. The Morgan fingerprint density at radius 2 is 1.90 bits per heavy atom. The van der Waals surface area contributed by atoms with Crippen LogP contribution in [-0.4, -0.2) is 12.4 Å². The average molecular weight is 331 g/mol. The fourth-order valence-electron chi connectivity index (χ4n) is 2.58. The molecule has 0 aliphatic carbocycles. The minimum atomic E-state index is -0.424. The summed E-state index contributed by atoms with van der Waals surface area (Å²) in [7, 11) is 0. The molecule has 2 nitrogen and oxygen atoms in total. The molecule has 20 heavy (non-hydrogen) atoms. The van der Waals surface area contributed by atoms with Gasteiger partial charge in [0.25, 0.3) is 0 Å². The average Bonchev–Trinajstić information content (AvgIpc) is 2.49. The van der Waals surface area contributed by atoms with Gasteiger partial charge in [-0.05, 0) is 29.2 Å². The molecule has 0 N–H and O–H groups in total. The summed E-state index contributed by atoms with van der Waals surface area (Å²) in [6.07, 6.45) is 0.849. The summed E-state index contributed by atoms with van der Waals surface area (Å²) in [5.74, 6) is 0.115. The maximum atomic E-state index is 12.5. The number of rotatable bonds is 3. The fraction of sp³-hybridized carbons (Fsp3) is 0.235. The van der Waals surface area contributed by atoms with Gasteiger partial charge in [-0.3, -0.25) is 4.79 Å². The van der Waals surface area contributed by atoms with Gasteiger partial charge in [-0.15, -0.1) is 0 Å². The first kappa shape index (κ1) is 13.5. The molecule has 1 unspecified atom stereocenters. The molecular formula is C17H15BrO2. The first-order chi connectivity index (χ1) is 9.75. The number of carbonyl (C=O) groups excluding carboxylic acids is 1. The molecule has 2 aromatic rings. The van der Waals surface area contributed by atoms with Crippen molar-refractivity contribution in [2.45, 2.75) is 18.9 Å². The Morgan fingerprint density at radius 3 is 2.75 bits per heavy atom. The normalized spacial score (nSPS) is 17.6. The number of halogens is 1. The quantitative estimate of drug-likeness (QED) is 0.853. The lowest BCUT2D eigenvalue weighted by Crippen LogP contribution is -2.24. The van der Waals surface area contributed by atoms with E-state index in [1.165, 1.54) is 5.56 Å². The SMILES string of the molecule is O=C(Cc1ccccc1Br)C1OCCc2ccccc21. The van der Waals surface area contributed by atoms with Crippen LogP contribution < -0.4 is 0 Å². The number of hydrogen-bond acceptors (Lipinski definition) is 2. The highest BCUT2D eigenvalue weighted by Gasteiger charge is 2.27. The Kier molecular flexibility index (Phi) is 3.99. The second kappa shape index (κ2) is 5.90. The molecule has 1 aliphatic heterocycles. The van der Waals surface area contributed by atoms with Crippen molar-refractivity contribution in [2.24, 2.45) is 0 Å². The molecule has 0 radical (unpaired) electrons. The predicted molar refractivity (Wildman–Crippen MR) is 81.7 cm³/mol. The van der Waals surface area contributed by atoms with Crippen LogP contribution in [0.1, 0.15) is 22.8 Å². The first-order valence-electron chi connectivity index (χ1n) is 6.71. The van der Waals surface area contributed by atoms with E-state index in [1.807, 2.05) is 42.5 Å². The minimum Gasteiger partial charge on any atom is -0.365 e. The Balaban J connectivity index is 1.84. The third-order valence-electron chi connectivity index (χ3n) is 3.61. The summed E-state index contributed by atoms with van der Waals surface area (Å²) in [6, 6.07) is 15.9. The van der Waals surface area contributed by atoms with Gasteiger partial charge in [0, 0.05) is 10.9 Å². The number of fused-ring (bicyclic) bond motifs is 1. The van der Waals surface area contributed by atoms with Crippen LogP contribution in [0.3, 0.4) is 0 Å². The summed E-state index contributed by atoms with van der Waals surface area (Å²) in [5.41, 5.74) is 3.25. The summed E-state index contributed by atoms with van der Waals surface area (Å²) in [6.45, 7) is 0.614. The molecule has 0 saturated heterocycles. The molecule has 0 spiro atoms. The van der Waals surface area contributed by atoms with Crippen LogP contribution in [0.25, 0.3) is 0 Å². The van der Waals surface area contributed by atoms with Crippen molar-refractivity contribution in [2.75, 3.05) is 6.61 Å². The van der Waals surface area contributed by atoms with Gasteiger partial charge in [0.05, 0.1) is 6.61 Å². The number of hydrogen-bond donors (Lipinski definition) is 0. The van der Waals surface area contributed by atoms with E-state index in [2.05, 4.69) is 22.0 Å². The van der Waals surface area contributed by atoms with E-state index in [4.69, 9.17) is 4.74 Å². The second-order valence-electron chi connectivity index (χ2n) is 4.93. The number of ketones is 1. The smallest absolute Gasteiger partial charge is 0.170 e. The number of Topliss-reactive ketones (excluding diaryl/α,β-unsaturated/α-hetero) is 1. The lowest BCUT2D eigenvalue weighted by atomic mass is 9.93. The molecule has 0 amide bonds. The van der Waals surface area contributed by atoms with Crippen LogP contribution in [0.4, 0.5) is 0 Å². The van der Waals surface area contributed by atoms with Crippen LogP contribution >= 0.6 is 15.9 Å². The van der Waals surface area contributed by atoms with Crippen molar-refractivity contribution in [1.82, 2.24) is 0 Å². The molecule has 2 aromatic carbocycles. The Bertz CT molecular complexity index is 636. The highest BCUT2D eigenvalue weighted by atomic mass is 79.9. The van der Waals surface area contributed by atoms with Crippen LogP contribution in [0, 0.1) is 0 Å². The van der Waals surface area contributed by atoms with Gasteiger partial charge in [0.2, 0.25) is 0 Å². The number of benzene rings is 2. The summed E-state index contributed by atoms with van der Waals surface area (Å²) < 4.78 is 6.68. The van der Waals surface area contributed by atoms with Crippen molar-refractivity contribution in [3.8, 4) is 0 Å². The molecule has 0 aromatic heterocycles. The van der Waals surface area contributed by atoms with Crippen molar-refractivity contribution >= 4 is 21.7 Å². The third-order valence-corrected chi connectivity index (χ3v) is 4.38. The highest BCUT2D eigenvalue weighted by molar-refractivity contribution is 9.10. The van der Waals surface area contributed by atoms with E-state index in [-0.39, 0.29) is 5.78 Å². The van der Waals surface area contributed by atoms with Gasteiger partial charge in [-0.25, -0.2) is 0 Å². The monoisotopic (exact) mass is 330 g/mol. The van der Waals surface area contributed by atoms with E-state index in [0.29, 0.717) is 13.0 Å². The summed E-state index contributed by atoms with van der Waals surface area (Å²) in [4.78, 5) is 12.5. The summed E-state index contributed by atoms with van der Waals surface area (Å²) in [5, 5.41) is 0. The van der Waals surface area contributed by atoms with Crippen molar-refractivity contribution in [3.63, 3.8) is 0 Å². The van der Waals surface area contributed by atoms with Gasteiger partial charge >= 0.3 is 0 Å². The molecule has 3 heteroatoms. The van der Waals surface area contributed by atoms with Gasteiger partial charge in [-0.2, -0.15) is 0 Å². The molecule has 0 fully saturated rings. The Hall–Kier alpha value is -1.45. The summed E-state index contributed by atoms with van der Waals surface area (Å²) >= 11 is 3.49. The Morgan fingerprint density at radius 1 is 1.15 bits per heavy atom. The van der Waals surface area contributed by atoms with Crippen LogP contribution in [-0.2, 0) is 22.4 Å². The van der Waals surface area contributed by atoms with Crippen molar-refractivity contribution in [1.29, 1.82) is 0 Å². The third kappa shape index (κ3) is 2.69. The zero-order chi connectivity index (χ0) is 13.9. The van der Waals surface area contributed by atoms with Gasteiger partial charge < -0.3 is 4.74 Å². The first-order valence-corrected chi connectivity index (χ1v) is 7.50. The van der Waals surface area contributed by atoms with Crippen LogP contribution in [0.2, 0.25) is 0 Å². The standard InChI is InChI=1S/C17H15BrO2/c18-15-8-4-2-6-13(15)11-16(19)17-14-7-3-1-5-12(14)9-10-20-17/h1-8,17H,9-11H2. The van der Waals surface area contributed by atoms with Gasteiger partial charge in [0.15, 0.2) is 5.78 Å². The van der Waals surface area contributed by atoms with E-state index in [9.17, 15) is 4.79 Å². The molecule has 102 valence electrons.